The Labute approximate surface area is 132 Å². The van der Waals surface area contributed by atoms with Gasteiger partial charge in [0, 0.05) is 27.5 Å². The molecule has 0 spiro atoms. The van der Waals surface area contributed by atoms with Gasteiger partial charge in [-0.3, -0.25) is 4.79 Å². The molecule has 2 aromatic rings. The van der Waals surface area contributed by atoms with E-state index in [-0.39, 0.29) is 5.91 Å². The number of carbonyl (C=O) groups is 1. The van der Waals surface area contributed by atoms with Crippen LogP contribution in [0.1, 0.15) is 21.5 Å². The number of benzene rings is 2. The molecule has 0 heterocycles. The minimum Gasteiger partial charge on any atom is -0.497 e. The van der Waals surface area contributed by atoms with Crippen LogP contribution in [0.25, 0.3) is 0 Å². The van der Waals surface area contributed by atoms with Gasteiger partial charge in [0.2, 0.25) is 0 Å². The van der Waals surface area contributed by atoms with Crippen molar-refractivity contribution in [2.24, 2.45) is 0 Å². The first-order valence-electron chi connectivity index (χ1n) is 6.43. The van der Waals surface area contributed by atoms with E-state index in [1.807, 2.05) is 26.0 Å². The fourth-order valence-corrected chi connectivity index (χ4v) is 2.85. The summed E-state index contributed by atoms with van der Waals surface area (Å²) in [4.78, 5) is 12.4. The van der Waals surface area contributed by atoms with Crippen molar-refractivity contribution in [3.8, 4) is 5.75 Å². The highest BCUT2D eigenvalue weighted by molar-refractivity contribution is 9.10. The smallest absolute Gasteiger partial charge is 0.255 e. The van der Waals surface area contributed by atoms with E-state index in [4.69, 9.17) is 10.5 Å². The average Bonchev–Trinajstić information content (AvgIpc) is 2.41. The lowest BCUT2D eigenvalue weighted by Gasteiger charge is -2.13. The standard InChI is InChI=1S/C16H17BrN2O2/c1-9-4-12(17)5-10(2)15(9)19-16(20)11-6-13(18)8-14(7-11)21-3/h4-8H,18H2,1-3H3,(H,19,20). The topological polar surface area (TPSA) is 64.3 Å². The first-order valence-corrected chi connectivity index (χ1v) is 7.22. The quantitative estimate of drug-likeness (QED) is 0.826. The van der Waals surface area contributed by atoms with Gasteiger partial charge in [0.15, 0.2) is 0 Å². The molecule has 3 N–H and O–H groups in total. The van der Waals surface area contributed by atoms with Gasteiger partial charge in [0.1, 0.15) is 5.75 Å². The van der Waals surface area contributed by atoms with Crippen LogP contribution >= 0.6 is 15.9 Å². The van der Waals surface area contributed by atoms with E-state index in [9.17, 15) is 4.79 Å². The normalized spacial score (nSPS) is 10.3. The Balaban J connectivity index is 2.32. The zero-order valence-corrected chi connectivity index (χ0v) is 13.7. The second kappa shape index (κ2) is 6.18. The number of aryl methyl sites for hydroxylation is 2. The summed E-state index contributed by atoms with van der Waals surface area (Å²) in [5, 5.41) is 2.93. The predicted octanol–water partition coefficient (Wildman–Crippen LogP) is 3.91. The maximum Gasteiger partial charge on any atom is 0.255 e. The number of amides is 1. The highest BCUT2D eigenvalue weighted by Gasteiger charge is 2.12. The first kappa shape index (κ1) is 15.4. The third-order valence-corrected chi connectivity index (χ3v) is 3.62. The first-order chi connectivity index (χ1) is 9.90. The van der Waals surface area contributed by atoms with Crippen molar-refractivity contribution < 1.29 is 9.53 Å². The fourth-order valence-electron chi connectivity index (χ4n) is 2.16. The van der Waals surface area contributed by atoms with Crippen LogP contribution in [-0.2, 0) is 0 Å². The van der Waals surface area contributed by atoms with Gasteiger partial charge in [-0.15, -0.1) is 0 Å². The Morgan fingerprint density at radius 2 is 1.76 bits per heavy atom. The number of hydrogen-bond donors (Lipinski definition) is 2. The van der Waals surface area contributed by atoms with E-state index in [1.165, 1.54) is 0 Å². The highest BCUT2D eigenvalue weighted by atomic mass is 79.9. The third-order valence-electron chi connectivity index (χ3n) is 3.16. The van der Waals surface area contributed by atoms with E-state index in [1.54, 1.807) is 25.3 Å². The molecule has 2 aromatic carbocycles. The molecular weight excluding hydrogens is 332 g/mol. The number of hydrogen-bond acceptors (Lipinski definition) is 3. The number of rotatable bonds is 3. The van der Waals surface area contributed by atoms with E-state index in [0.717, 1.165) is 21.3 Å². The summed E-state index contributed by atoms with van der Waals surface area (Å²) in [7, 11) is 1.54. The maximum atomic E-state index is 12.4. The lowest BCUT2D eigenvalue weighted by Crippen LogP contribution is -2.14. The number of carbonyl (C=O) groups excluding carboxylic acids is 1. The molecule has 4 nitrogen and oxygen atoms in total. The number of ether oxygens (including phenoxy) is 1. The molecule has 0 fully saturated rings. The van der Waals surface area contributed by atoms with Crippen LogP contribution in [0, 0.1) is 13.8 Å². The number of methoxy groups -OCH3 is 1. The summed E-state index contributed by atoms with van der Waals surface area (Å²) < 4.78 is 6.12. The number of anilines is 2. The summed E-state index contributed by atoms with van der Waals surface area (Å²) in [5.74, 6) is 0.346. The van der Waals surface area contributed by atoms with Crippen LogP contribution in [0.4, 0.5) is 11.4 Å². The van der Waals surface area contributed by atoms with Crippen LogP contribution in [0.15, 0.2) is 34.8 Å². The van der Waals surface area contributed by atoms with Crippen molar-refractivity contribution in [3.05, 3.63) is 51.5 Å². The highest BCUT2D eigenvalue weighted by Crippen LogP contribution is 2.26. The average molecular weight is 349 g/mol. The Morgan fingerprint density at radius 3 is 2.33 bits per heavy atom. The summed E-state index contributed by atoms with van der Waals surface area (Å²) in [6.07, 6.45) is 0. The Hall–Kier alpha value is -2.01. The van der Waals surface area contributed by atoms with Gasteiger partial charge in [-0.05, 0) is 49.2 Å². The van der Waals surface area contributed by atoms with Crippen molar-refractivity contribution in [1.82, 2.24) is 0 Å². The molecule has 0 radical (unpaired) electrons. The lowest BCUT2D eigenvalue weighted by molar-refractivity contribution is 0.102. The molecule has 5 heteroatoms. The molecule has 2 rings (SSSR count). The van der Waals surface area contributed by atoms with Gasteiger partial charge in [-0.1, -0.05) is 15.9 Å². The molecular formula is C16H17BrN2O2. The van der Waals surface area contributed by atoms with Crippen LogP contribution in [0.3, 0.4) is 0 Å². The summed E-state index contributed by atoms with van der Waals surface area (Å²) in [5.41, 5.74) is 9.53. The molecule has 110 valence electrons. The SMILES string of the molecule is COc1cc(N)cc(C(=O)Nc2c(C)cc(Br)cc2C)c1. The molecule has 0 atom stereocenters. The summed E-state index contributed by atoms with van der Waals surface area (Å²) >= 11 is 3.44. The largest absolute Gasteiger partial charge is 0.497 e. The Morgan fingerprint density at radius 1 is 1.14 bits per heavy atom. The maximum absolute atomic E-state index is 12.4. The molecule has 0 aliphatic heterocycles. The van der Waals surface area contributed by atoms with Gasteiger partial charge in [-0.25, -0.2) is 0 Å². The van der Waals surface area contributed by atoms with E-state index >= 15 is 0 Å². The van der Waals surface area contributed by atoms with E-state index < -0.39 is 0 Å². The minimum atomic E-state index is -0.214. The van der Waals surface area contributed by atoms with Crippen LogP contribution in [0.5, 0.6) is 5.75 Å². The molecule has 1 amide bonds. The van der Waals surface area contributed by atoms with E-state index in [2.05, 4.69) is 21.2 Å². The van der Waals surface area contributed by atoms with Crippen molar-refractivity contribution in [1.29, 1.82) is 0 Å². The number of nitrogen functional groups attached to an aromatic ring is 1. The second-order valence-electron chi connectivity index (χ2n) is 4.86. The number of halogens is 1. The number of nitrogens with one attached hydrogen (secondary N) is 1. The van der Waals surface area contributed by atoms with Crippen molar-refractivity contribution in [2.75, 3.05) is 18.2 Å². The minimum absolute atomic E-state index is 0.214. The zero-order valence-electron chi connectivity index (χ0n) is 12.2. The number of nitrogens with two attached hydrogens (primary N) is 1. The van der Waals surface area contributed by atoms with Gasteiger partial charge in [0.05, 0.1) is 7.11 Å². The second-order valence-corrected chi connectivity index (χ2v) is 5.78. The molecule has 0 aliphatic rings. The lowest BCUT2D eigenvalue weighted by atomic mass is 10.1. The van der Waals surface area contributed by atoms with E-state index in [0.29, 0.717) is 17.0 Å². The summed E-state index contributed by atoms with van der Waals surface area (Å²) in [6.45, 7) is 3.90. The third kappa shape index (κ3) is 3.55. The van der Waals surface area contributed by atoms with Crippen molar-refractivity contribution in [2.45, 2.75) is 13.8 Å². The molecule has 0 bridgehead atoms. The van der Waals surface area contributed by atoms with Gasteiger partial charge < -0.3 is 15.8 Å². The summed E-state index contributed by atoms with van der Waals surface area (Å²) in [6, 6.07) is 8.88. The molecule has 0 aliphatic carbocycles. The Bertz CT molecular complexity index is 676. The van der Waals surface area contributed by atoms with Crippen LogP contribution in [0.2, 0.25) is 0 Å². The molecule has 0 saturated heterocycles. The van der Waals surface area contributed by atoms with Crippen LogP contribution < -0.4 is 15.8 Å². The Kier molecular flexibility index (Phi) is 4.53. The molecule has 21 heavy (non-hydrogen) atoms. The molecule has 0 aromatic heterocycles. The molecule has 0 saturated carbocycles. The van der Waals surface area contributed by atoms with Gasteiger partial charge in [-0.2, -0.15) is 0 Å². The van der Waals surface area contributed by atoms with Crippen LogP contribution in [-0.4, -0.2) is 13.0 Å². The van der Waals surface area contributed by atoms with Gasteiger partial charge >= 0.3 is 0 Å². The zero-order chi connectivity index (χ0) is 15.6. The van der Waals surface area contributed by atoms with Gasteiger partial charge in [0.25, 0.3) is 5.91 Å². The van der Waals surface area contributed by atoms with Crippen molar-refractivity contribution >= 4 is 33.2 Å². The van der Waals surface area contributed by atoms with Crippen molar-refractivity contribution in [3.63, 3.8) is 0 Å². The predicted molar refractivity (Wildman–Crippen MR) is 89.0 cm³/mol. The monoisotopic (exact) mass is 348 g/mol. The molecule has 0 unspecified atom stereocenters. The fraction of sp³-hybridized carbons (Fsp3) is 0.188.